The molecule has 12 nitrogen and oxygen atoms in total. The monoisotopic (exact) mass is 451 g/mol. The molecule has 0 saturated carbocycles. The van der Waals surface area contributed by atoms with Gasteiger partial charge in [0.2, 0.25) is 17.9 Å². The minimum atomic E-state index is -3.18. The second kappa shape index (κ2) is 8.49. The fraction of sp³-hybridized carbons (Fsp3) is 0.278. The molecule has 166 valence electrons. The first-order chi connectivity index (χ1) is 17.3. The summed E-state index contributed by atoms with van der Waals surface area (Å²) in [6.45, 7) is -6.35. The van der Waals surface area contributed by atoms with Crippen LogP contribution in [0.15, 0.2) is 34.2 Å². The third-order valence-corrected chi connectivity index (χ3v) is 4.23. The Morgan fingerprint density at radius 2 is 2.12 bits per heavy atom. The molecule has 2 N–H and O–H groups in total. The lowest BCUT2D eigenvalue weighted by atomic mass is 10.2. The van der Waals surface area contributed by atoms with Crippen LogP contribution < -0.4 is 20.7 Å². The van der Waals surface area contributed by atoms with Gasteiger partial charge in [-0.15, -0.1) is 15.3 Å². The number of alkyl halides is 2. The van der Waals surface area contributed by atoms with Crippen molar-refractivity contribution in [2.75, 3.05) is 6.56 Å². The third kappa shape index (κ3) is 4.01. The van der Waals surface area contributed by atoms with Crippen molar-refractivity contribution >= 4 is 11.0 Å². The predicted octanol–water partition coefficient (Wildman–Crippen LogP) is 0.981. The molecular formula is C18H16F2N8O4. The van der Waals surface area contributed by atoms with Gasteiger partial charge in [-0.3, -0.25) is 9.78 Å². The number of ether oxygens (including phenoxy) is 2. The lowest BCUT2D eigenvalue weighted by Crippen LogP contribution is -2.22. The van der Waals surface area contributed by atoms with E-state index in [1.54, 1.807) is 0 Å². The summed E-state index contributed by atoms with van der Waals surface area (Å²) < 4.78 is 76.2. The molecule has 0 aliphatic rings. The van der Waals surface area contributed by atoms with Crippen LogP contribution in [0.2, 0.25) is 0 Å². The van der Waals surface area contributed by atoms with E-state index in [1.807, 2.05) is 4.98 Å². The quantitative estimate of drug-likeness (QED) is 0.418. The van der Waals surface area contributed by atoms with E-state index in [-0.39, 0.29) is 28.2 Å². The van der Waals surface area contributed by atoms with Crippen molar-refractivity contribution in [3.05, 3.63) is 51.2 Å². The van der Waals surface area contributed by atoms with Crippen LogP contribution in [0.5, 0.6) is 11.8 Å². The molecular weight excluding hydrogens is 430 g/mol. The summed E-state index contributed by atoms with van der Waals surface area (Å²) in [4.78, 5) is 35.0. The number of fused-ring (bicyclic) bond motifs is 1. The zero-order valence-corrected chi connectivity index (χ0v) is 16.0. The van der Waals surface area contributed by atoms with E-state index in [4.69, 9.17) is 16.3 Å². The van der Waals surface area contributed by atoms with Gasteiger partial charge >= 0.3 is 5.69 Å². The van der Waals surface area contributed by atoms with Gasteiger partial charge in [0.25, 0.3) is 12.0 Å². The second-order valence-electron chi connectivity index (χ2n) is 6.24. The van der Waals surface area contributed by atoms with Crippen LogP contribution in [0.4, 0.5) is 8.78 Å². The molecule has 1 atom stereocenters. The minimum absolute atomic E-state index is 0.0129. The Morgan fingerprint density at radius 3 is 2.88 bits per heavy atom. The zero-order valence-electron chi connectivity index (χ0n) is 21.0. The molecule has 0 fully saturated rings. The van der Waals surface area contributed by atoms with Gasteiger partial charge in [-0.25, -0.2) is 28.2 Å². The number of aryl methyl sites for hydroxylation is 1. The average Bonchev–Trinajstić information content (AvgIpc) is 3.11. The van der Waals surface area contributed by atoms with Crippen LogP contribution in [0.25, 0.3) is 22.3 Å². The number of aromatic amines is 2. The highest BCUT2D eigenvalue weighted by Crippen LogP contribution is 2.32. The molecule has 4 rings (SSSR count). The Labute approximate surface area is 184 Å². The van der Waals surface area contributed by atoms with Gasteiger partial charge in [0, 0.05) is 23.4 Å². The van der Waals surface area contributed by atoms with Crippen molar-refractivity contribution in [2.24, 2.45) is 7.05 Å². The molecule has 4 heterocycles. The SMILES string of the molecule is [2H]C([2H])([2H])C([2H])([2H])Oc1cc([C@@H](Oc2nn(C)c3nnc(-c4c[nH]c(=O)[nH]c4=O)cc23)C(F)F)ncn1. The maximum atomic E-state index is 14.0. The number of halogens is 2. The molecule has 0 unspecified atom stereocenters. The Morgan fingerprint density at radius 1 is 1.28 bits per heavy atom. The van der Waals surface area contributed by atoms with E-state index in [9.17, 15) is 18.4 Å². The summed E-state index contributed by atoms with van der Waals surface area (Å²) in [6, 6.07) is 2.12. The normalized spacial score (nSPS) is 15.4. The molecule has 0 radical (unpaired) electrons. The van der Waals surface area contributed by atoms with Gasteiger partial charge in [-0.05, 0) is 12.9 Å². The van der Waals surface area contributed by atoms with Crippen LogP contribution >= 0.6 is 0 Å². The summed E-state index contributed by atoms with van der Waals surface area (Å²) in [6.07, 6.45) is -3.37. The Kier molecular flexibility index (Phi) is 4.12. The van der Waals surface area contributed by atoms with Gasteiger partial charge in [-0.1, -0.05) is 0 Å². The summed E-state index contributed by atoms with van der Waals surface area (Å²) in [5.74, 6) is -0.949. The fourth-order valence-corrected chi connectivity index (χ4v) is 2.82. The molecule has 0 aliphatic heterocycles. The minimum Gasteiger partial charge on any atom is -0.478 e. The summed E-state index contributed by atoms with van der Waals surface area (Å²) in [7, 11) is 1.45. The number of hydrogen-bond acceptors (Lipinski definition) is 9. The highest BCUT2D eigenvalue weighted by Gasteiger charge is 2.29. The van der Waals surface area contributed by atoms with Gasteiger partial charge in [0.1, 0.15) is 12.0 Å². The number of rotatable bonds is 7. The van der Waals surface area contributed by atoms with E-state index < -0.39 is 48.8 Å². The van der Waals surface area contributed by atoms with Crippen molar-refractivity contribution in [3.8, 4) is 23.0 Å². The maximum absolute atomic E-state index is 14.0. The largest absolute Gasteiger partial charge is 0.478 e. The van der Waals surface area contributed by atoms with Crippen LogP contribution in [0.1, 0.15) is 25.5 Å². The standard InChI is InChI=1S/C18H16F2N8O4/c1-3-31-12-5-11(22-7-23-12)13(14(19)20)32-17-8-4-10(25-26-15(8)28(2)27-17)9-6-21-18(30)24-16(9)29/h4-7,13-14H,3H2,1-2H3,(H2,21,24,29,30)/t13-/m1/s1/i1D3,3D2. The van der Waals surface area contributed by atoms with Crippen LogP contribution in [-0.2, 0) is 7.05 Å². The van der Waals surface area contributed by atoms with Gasteiger partial charge in [-0.2, -0.15) is 0 Å². The first kappa shape index (κ1) is 15.6. The zero-order chi connectivity index (χ0) is 27.1. The average molecular weight is 451 g/mol. The highest BCUT2D eigenvalue weighted by molar-refractivity contribution is 5.84. The van der Waals surface area contributed by atoms with E-state index in [2.05, 4.69) is 30.2 Å². The summed E-state index contributed by atoms with van der Waals surface area (Å²) in [5.41, 5.74) is -1.92. The maximum Gasteiger partial charge on any atom is 0.325 e. The van der Waals surface area contributed by atoms with E-state index >= 15 is 0 Å². The molecule has 0 saturated heterocycles. The summed E-state index contributed by atoms with van der Waals surface area (Å²) in [5, 5.41) is 12.0. The fourth-order valence-electron chi connectivity index (χ4n) is 2.82. The number of aromatic nitrogens is 8. The van der Waals surface area contributed by atoms with E-state index in [1.165, 1.54) is 17.8 Å². The van der Waals surface area contributed by atoms with Crippen molar-refractivity contribution in [2.45, 2.75) is 19.4 Å². The lowest BCUT2D eigenvalue weighted by Gasteiger charge is -2.16. The van der Waals surface area contributed by atoms with Crippen LogP contribution in [-0.4, -0.2) is 52.9 Å². The number of H-pyrrole nitrogens is 2. The van der Waals surface area contributed by atoms with Gasteiger partial charge in [0.15, 0.2) is 5.65 Å². The first-order valence-electron chi connectivity index (χ1n) is 11.3. The molecule has 0 aromatic carbocycles. The topological polar surface area (TPSA) is 154 Å². The van der Waals surface area contributed by atoms with Crippen molar-refractivity contribution in [3.63, 3.8) is 0 Å². The number of nitrogens with zero attached hydrogens (tertiary/aromatic N) is 6. The van der Waals surface area contributed by atoms with E-state index in [0.29, 0.717) is 0 Å². The Bertz CT molecular complexity index is 1570. The number of nitrogens with one attached hydrogen (secondary N) is 2. The Balaban J connectivity index is 1.71. The molecule has 32 heavy (non-hydrogen) atoms. The molecule has 4 aromatic rings. The van der Waals surface area contributed by atoms with Gasteiger partial charge < -0.3 is 14.5 Å². The smallest absolute Gasteiger partial charge is 0.325 e. The molecule has 0 spiro atoms. The van der Waals surface area contributed by atoms with Crippen molar-refractivity contribution < 1.29 is 25.1 Å². The number of hydrogen-bond donors (Lipinski definition) is 2. The third-order valence-electron chi connectivity index (χ3n) is 4.23. The van der Waals surface area contributed by atoms with Crippen LogP contribution in [0.3, 0.4) is 0 Å². The molecule has 0 bridgehead atoms. The van der Waals surface area contributed by atoms with Crippen LogP contribution in [0, 0.1) is 0 Å². The second-order valence-corrected chi connectivity index (χ2v) is 6.24. The predicted molar refractivity (Wildman–Crippen MR) is 106 cm³/mol. The van der Waals surface area contributed by atoms with E-state index in [0.717, 1.165) is 18.6 Å². The lowest BCUT2D eigenvalue weighted by molar-refractivity contribution is 0.00589. The summed E-state index contributed by atoms with van der Waals surface area (Å²) >= 11 is 0. The van der Waals surface area contributed by atoms with Crippen molar-refractivity contribution in [1.82, 2.24) is 39.9 Å². The van der Waals surface area contributed by atoms with Crippen molar-refractivity contribution in [1.29, 1.82) is 0 Å². The Hall–Kier alpha value is -4.23. The highest BCUT2D eigenvalue weighted by atomic mass is 19.3. The van der Waals surface area contributed by atoms with Gasteiger partial charge in [0.05, 0.1) is 25.9 Å². The molecule has 4 aromatic heterocycles. The molecule has 14 heteroatoms. The molecule has 0 amide bonds. The first-order valence-corrected chi connectivity index (χ1v) is 8.75. The molecule has 0 aliphatic carbocycles.